The van der Waals surface area contributed by atoms with Crippen molar-refractivity contribution in [2.75, 3.05) is 37.8 Å². The van der Waals surface area contributed by atoms with Gasteiger partial charge in [0.15, 0.2) is 0 Å². The van der Waals surface area contributed by atoms with E-state index in [2.05, 4.69) is 35.2 Å². The second-order valence-electron chi connectivity index (χ2n) is 6.61. The van der Waals surface area contributed by atoms with Crippen LogP contribution in [0.4, 0.5) is 5.82 Å². The summed E-state index contributed by atoms with van der Waals surface area (Å²) in [5.74, 6) is 1.70. The molecule has 4 nitrogen and oxygen atoms in total. The van der Waals surface area contributed by atoms with Crippen LogP contribution in [-0.2, 0) is 9.47 Å². The van der Waals surface area contributed by atoms with Crippen LogP contribution in [0.25, 0.3) is 10.9 Å². The van der Waals surface area contributed by atoms with Crippen LogP contribution >= 0.6 is 0 Å². The second-order valence-corrected chi connectivity index (χ2v) is 6.61. The molecule has 4 heteroatoms. The highest BCUT2D eigenvalue weighted by atomic mass is 16.5. The molecule has 0 N–H and O–H groups in total. The predicted octanol–water partition coefficient (Wildman–Crippen LogP) is 3.26. The van der Waals surface area contributed by atoms with E-state index in [-0.39, 0.29) is 0 Å². The zero-order valence-corrected chi connectivity index (χ0v) is 13.5. The number of piperidine rings is 1. The minimum Gasteiger partial charge on any atom is -0.381 e. The summed E-state index contributed by atoms with van der Waals surface area (Å²) >= 11 is 0. The molecule has 23 heavy (non-hydrogen) atoms. The van der Waals surface area contributed by atoms with Gasteiger partial charge in [-0.05, 0) is 37.5 Å². The number of anilines is 1. The van der Waals surface area contributed by atoms with Crippen molar-refractivity contribution in [3.05, 3.63) is 36.4 Å². The van der Waals surface area contributed by atoms with Crippen molar-refractivity contribution in [2.24, 2.45) is 5.92 Å². The number of nitrogens with zero attached hydrogens (tertiary/aromatic N) is 2. The van der Waals surface area contributed by atoms with Crippen LogP contribution in [0.3, 0.4) is 0 Å². The van der Waals surface area contributed by atoms with Crippen LogP contribution < -0.4 is 4.90 Å². The summed E-state index contributed by atoms with van der Waals surface area (Å²) in [6.07, 6.45) is 3.72. The van der Waals surface area contributed by atoms with E-state index in [9.17, 15) is 0 Å². The van der Waals surface area contributed by atoms with Crippen molar-refractivity contribution < 1.29 is 9.47 Å². The monoisotopic (exact) mass is 312 g/mol. The molecule has 0 spiro atoms. The predicted molar refractivity (Wildman–Crippen MR) is 91.9 cm³/mol. The largest absolute Gasteiger partial charge is 0.381 e. The van der Waals surface area contributed by atoms with Gasteiger partial charge in [0.2, 0.25) is 0 Å². The number of hydrogen-bond acceptors (Lipinski definition) is 4. The van der Waals surface area contributed by atoms with Crippen LogP contribution in [0, 0.1) is 5.92 Å². The Balaban J connectivity index is 1.33. The van der Waals surface area contributed by atoms with Crippen molar-refractivity contribution in [2.45, 2.75) is 25.4 Å². The maximum absolute atomic E-state index is 6.09. The number of rotatable bonds is 4. The highest BCUT2D eigenvalue weighted by Gasteiger charge is 2.23. The molecule has 1 atom stereocenters. The van der Waals surface area contributed by atoms with Gasteiger partial charge >= 0.3 is 0 Å². The summed E-state index contributed by atoms with van der Waals surface area (Å²) in [6.45, 7) is 4.69. The third-order valence-electron chi connectivity index (χ3n) is 4.94. The average molecular weight is 312 g/mol. The molecule has 2 saturated heterocycles. The number of aromatic nitrogens is 1. The second kappa shape index (κ2) is 6.85. The van der Waals surface area contributed by atoms with Crippen LogP contribution in [0.15, 0.2) is 36.4 Å². The van der Waals surface area contributed by atoms with Gasteiger partial charge in [-0.3, -0.25) is 0 Å². The van der Waals surface area contributed by atoms with E-state index in [4.69, 9.17) is 14.5 Å². The lowest BCUT2D eigenvalue weighted by atomic mass is 10.1. The van der Waals surface area contributed by atoms with Crippen molar-refractivity contribution >= 4 is 16.7 Å². The Hall–Kier alpha value is -1.65. The van der Waals surface area contributed by atoms with Gasteiger partial charge in [0, 0.05) is 31.0 Å². The molecule has 0 aliphatic carbocycles. The third-order valence-corrected chi connectivity index (χ3v) is 4.94. The minimum absolute atomic E-state index is 0.396. The zero-order valence-electron chi connectivity index (χ0n) is 13.5. The van der Waals surface area contributed by atoms with Crippen molar-refractivity contribution in [1.82, 2.24) is 4.98 Å². The van der Waals surface area contributed by atoms with E-state index < -0.39 is 0 Å². The molecule has 0 radical (unpaired) electrons. The zero-order chi connectivity index (χ0) is 15.5. The smallest absolute Gasteiger partial charge is 0.129 e. The fraction of sp³-hybridized carbons (Fsp3) is 0.526. The van der Waals surface area contributed by atoms with Crippen LogP contribution in [0.5, 0.6) is 0 Å². The summed E-state index contributed by atoms with van der Waals surface area (Å²) < 4.78 is 11.5. The molecule has 122 valence electrons. The van der Waals surface area contributed by atoms with E-state index in [0.717, 1.165) is 63.5 Å². The molecule has 1 aromatic carbocycles. The van der Waals surface area contributed by atoms with E-state index in [1.807, 2.05) is 6.07 Å². The Labute approximate surface area is 137 Å². The Bertz CT molecular complexity index is 647. The fourth-order valence-corrected chi connectivity index (χ4v) is 3.47. The Kier molecular flexibility index (Phi) is 4.44. The molecule has 3 heterocycles. The maximum Gasteiger partial charge on any atom is 0.129 e. The quantitative estimate of drug-likeness (QED) is 0.868. The topological polar surface area (TPSA) is 34.6 Å². The minimum atomic E-state index is 0.396. The van der Waals surface area contributed by atoms with Crippen LogP contribution in [0.1, 0.15) is 19.3 Å². The summed E-state index contributed by atoms with van der Waals surface area (Å²) in [5.41, 5.74) is 1.07. The van der Waals surface area contributed by atoms with Gasteiger partial charge in [-0.15, -0.1) is 0 Å². The van der Waals surface area contributed by atoms with Crippen molar-refractivity contribution in [1.29, 1.82) is 0 Å². The number of para-hydroxylation sites is 1. The molecule has 1 aromatic heterocycles. The molecule has 1 unspecified atom stereocenters. The first-order valence-corrected chi connectivity index (χ1v) is 8.68. The first-order chi connectivity index (χ1) is 11.4. The standard InChI is InChI=1S/C19H24N2O2/c1-2-4-18-16(3-1)5-6-19(20-18)21-10-7-17(8-11-21)23-14-15-9-12-22-13-15/h1-6,15,17H,7-14H2. The molecule has 4 rings (SSSR count). The van der Waals surface area contributed by atoms with E-state index >= 15 is 0 Å². The van der Waals surface area contributed by atoms with Gasteiger partial charge in [0.05, 0.1) is 24.8 Å². The Morgan fingerprint density at radius 2 is 1.96 bits per heavy atom. The number of ether oxygens (including phenoxy) is 2. The Morgan fingerprint density at radius 1 is 1.09 bits per heavy atom. The molecular weight excluding hydrogens is 288 g/mol. The molecule has 0 amide bonds. The normalized spacial score (nSPS) is 22.8. The number of fused-ring (bicyclic) bond motifs is 1. The molecular formula is C19H24N2O2. The first kappa shape index (κ1) is 14.9. The molecule has 0 saturated carbocycles. The van der Waals surface area contributed by atoms with E-state index in [0.29, 0.717) is 12.0 Å². The van der Waals surface area contributed by atoms with E-state index in [1.165, 1.54) is 5.39 Å². The SMILES string of the molecule is c1ccc2nc(N3CCC(OCC4CCOC4)CC3)ccc2c1. The maximum atomic E-state index is 6.09. The van der Waals surface area contributed by atoms with E-state index in [1.54, 1.807) is 0 Å². The first-order valence-electron chi connectivity index (χ1n) is 8.68. The molecule has 0 bridgehead atoms. The van der Waals surface area contributed by atoms with Gasteiger partial charge in [-0.1, -0.05) is 18.2 Å². The summed E-state index contributed by atoms with van der Waals surface area (Å²) in [4.78, 5) is 7.18. The molecule has 2 fully saturated rings. The van der Waals surface area contributed by atoms with Gasteiger partial charge in [0.1, 0.15) is 5.82 Å². The number of hydrogen-bond donors (Lipinski definition) is 0. The summed E-state index contributed by atoms with van der Waals surface area (Å²) in [7, 11) is 0. The van der Waals surface area contributed by atoms with Crippen molar-refractivity contribution in [3.63, 3.8) is 0 Å². The lowest BCUT2D eigenvalue weighted by Crippen LogP contribution is -2.38. The van der Waals surface area contributed by atoms with Crippen LogP contribution in [0.2, 0.25) is 0 Å². The summed E-state index contributed by atoms with van der Waals surface area (Å²) in [6, 6.07) is 12.6. The third kappa shape index (κ3) is 3.48. The summed E-state index contributed by atoms with van der Waals surface area (Å²) in [5, 5.41) is 1.20. The molecule has 2 aromatic rings. The van der Waals surface area contributed by atoms with Crippen molar-refractivity contribution in [3.8, 4) is 0 Å². The number of benzene rings is 1. The lowest BCUT2D eigenvalue weighted by molar-refractivity contribution is 0.0131. The van der Waals surface area contributed by atoms with Gasteiger partial charge in [0.25, 0.3) is 0 Å². The highest BCUT2D eigenvalue weighted by molar-refractivity contribution is 5.80. The average Bonchev–Trinajstić information content (AvgIpc) is 3.14. The van der Waals surface area contributed by atoms with Crippen LogP contribution in [-0.4, -0.2) is 44.0 Å². The number of pyridine rings is 1. The van der Waals surface area contributed by atoms with Gasteiger partial charge < -0.3 is 14.4 Å². The lowest BCUT2D eigenvalue weighted by Gasteiger charge is -2.33. The highest BCUT2D eigenvalue weighted by Crippen LogP contribution is 2.23. The van der Waals surface area contributed by atoms with Gasteiger partial charge in [-0.2, -0.15) is 0 Å². The molecule has 2 aliphatic heterocycles. The molecule has 2 aliphatic rings. The fourth-order valence-electron chi connectivity index (χ4n) is 3.47. The Morgan fingerprint density at radius 3 is 2.78 bits per heavy atom. The van der Waals surface area contributed by atoms with Gasteiger partial charge in [-0.25, -0.2) is 4.98 Å².